The van der Waals surface area contributed by atoms with Crippen molar-refractivity contribution >= 4 is 40.4 Å². The van der Waals surface area contributed by atoms with E-state index >= 15 is 0 Å². The second-order valence-electron chi connectivity index (χ2n) is 3.08. The van der Waals surface area contributed by atoms with Crippen LogP contribution in [0.5, 0.6) is 0 Å². The molecule has 16 heavy (non-hydrogen) atoms. The number of aromatic nitrogens is 2. The van der Waals surface area contributed by atoms with Crippen LogP contribution in [0.3, 0.4) is 0 Å². The molecule has 2 aromatic heterocycles. The summed E-state index contributed by atoms with van der Waals surface area (Å²) in [6.07, 6.45) is 4.06. The predicted octanol–water partition coefficient (Wildman–Crippen LogP) is 3.50. The molecule has 3 nitrogen and oxygen atoms in total. The Bertz CT molecular complexity index is 473. The highest BCUT2D eigenvalue weighted by Gasteiger charge is 2.02. The number of nitrogens with zero attached hydrogens (tertiary/aromatic N) is 2. The van der Waals surface area contributed by atoms with Crippen LogP contribution in [0, 0.1) is 0 Å². The van der Waals surface area contributed by atoms with Crippen LogP contribution in [0.2, 0.25) is 9.49 Å². The van der Waals surface area contributed by atoms with Crippen LogP contribution in [0.25, 0.3) is 0 Å². The second-order valence-corrected chi connectivity index (χ2v) is 5.24. The smallest absolute Gasteiger partial charge is 0.171 e. The minimum absolute atomic E-state index is 0.395. The molecule has 0 amide bonds. The third-order valence-corrected chi connectivity index (χ3v) is 3.51. The first-order valence-electron chi connectivity index (χ1n) is 4.70. The number of thiophene rings is 1. The van der Waals surface area contributed by atoms with E-state index in [0.717, 1.165) is 17.3 Å². The Kier molecular flexibility index (Phi) is 3.98. The van der Waals surface area contributed by atoms with Crippen molar-refractivity contribution in [1.82, 2.24) is 9.97 Å². The molecule has 2 heterocycles. The lowest BCUT2D eigenvalue weighted by atomic mass is 10.3. The summed E-state index contributed by atoms with van der Waals surface area (Å²) in [6.45, 7) is 0.759. The molecule has 0 atom stereocenters. The van der Waals surface area contributed by atoms with Crippen LogP contribution in [0.15, 0.2) is 24.5 Å². The average molecular weight is 274 g/mol. The first-order valence-corrected chi connectivity index (χ1v) is 6.27. The minimum atomic E-state index is 0.395. The zero-order valence-corrected chi connectivity index (χ0v) is 10.6. The van der Waals surface area contributed by atoms with Crippen molar-refractivity contribution in [2.75, 3.05) is 11.9 Å². The summed E-state index contributed by atoms with van der Waals surface area (Å²) >= 11 is 13.3. The number of halogens is 2. The van der Waals surface area contributed by atoms with E-state index in [1.54, 1.807) is 23.7 Å². The van der Waals surface area contributed by atoms with Gasteiger partial charge in [0.2, 0.25) is 0 Å². The normalized spacial score (nSPS) is 10.4. The van der Waals surface area contributed by atoms with Crippen LogP contribution in [0.1, 0.15) is 4.88 Å². The lowest BCUT2D eigenvalue weighted by Gasteiger charge is -2.04. The molecule has 0 aromatic carbocycles. The Balaban J connectivity index is 1.87. The highest BCUT2D eigenvalue weighted by molar-refractivity contribution is 7.16. The SMILES string of the molecule is Clc1ccc(CCNc2nccnc2Cl)s1. The van der Waals surface area contributed by atoms with E-state index in [9.17, 15) is 0 Å². The van der Waals surface area contributed by atoms with Gasteiger partial charge in [0, 0.05) is 23.8 Å². The second kappa shape index (κ2) is 5.48. The van der Waals surface area contributed by atoms with Crippen molar-refractivity contribution in [2.24, 2.45) is 0 Å². The molecule has 0 aliphatic heterocycles. The van der Waals surface area contributed by atoms with Crippen LogP contribution in [-0.2, 0) is 6.42 Å². The van der Waals surface area contributed by atoms with E-state index in [2.05, 4.69) is 15.3 Å². The topological polar surface area (TPSA) is 37.8 Å². The number of nitrogens with one attached hydrogen (secondary N) is 1. The van der Waals surface area contributed by atoms with Gasteiger partial charge >= 0.3 is 0 Å². The molecule has 0 saturated heterocycles. The molecule has 2 aromatic rings. The molecule has 0 aliphatic carbocycles. The van der Waals surface area contributed by atoms with Gasteiger partial charge in [-0.25, -0.2) is 9.97 Å². The zero-order chi connectivity index (χ0) is 11.4. The summed E-state index contributed by atoms with van der Waals surface area (Å²) in [5.74, 6) is 0.617. The van der Waals surface area contributed by atoms with E-state index in [1.165, 1.54) is 4.88 Å². The zero-order valence-electron chi connectivity index (χ0n) is 8.28. The maximum Gasteiger partial charge on any atom is 0.171 e. The lowest BCUT2D eigenvalue weighted by molar-refractivity contribution is 1.02. The van der Waals surface area contributed by atoms with E-state index in [-0.39, 0.29) is 0 Å². The predicted molar refractivity (Wildman–Crippen MR) is 68.6 cm³/mol. The van der Waals surface area contributed by atoms with Crippen molar-refractivity contribution in [2.45, 2.75) is 6.42 Å². The fraction of sp³-hybridized carbons (Fsp3) is 0.200. The maximum atomic E-state index is 5.86. The fourth-order valence-corrected chi connectivity index (χ4v) is 2.49. The lowest BCUT2D eigenvalue weighted by Crippen LogP contribution is -2.06. The number of hydrogen-bond donors (Lipinski definition) is 1. The quantitative estimate of drug-likeness (QED) is 0.927. The minimum Gasteiger partial charge on any atom is -0.367 e. The molecule has 84 valence electrons. The molecule has 2 rings (SSSR count). The fourth-order valence-electron chi connectivity index (χ4n) is 1.23. The molecule has 0 bridgehead atoms. The Morgan fingerprint density at radius 3 is 2.69 bits per heavy atom. The van der Waals surface area contributed by atoms with Gasteiger partial charge in [-0.2, -0.15) is 0 Å². The summed E-state index contributed by atoms with van der Waals surface area (Å²) in [5, 5.41) is 3.52. The van der Waals surface area contributed by atoms with Crippen molar-refractivity contribution in [3.63, 3.8) is 0 Å². The van der Waals surface area contributed by atoms with Gasteiger partial charge in [0.25, 0.3) is 0 Å². The van der Waals surface area contributed by atoms with E-state index in [4.69, 9.17) is 23.2 Å². The van der Waals surface area contributed by atoms with E-state index in [1.807, 2.05) is 12.1 Å². The molecule has 0 saturated carbocycles. The summed E-state index contributed by atoms with van der Waals surface area (Å²) < 4.78 is 0.813. The van der Waals surface area contributed by atoms with Crippen molar-refractivity contribution in [1.29, 1.82) is 0 Å². The van der Waals surface area contributed by atoms with E-state index in [0.29, 0.717) is 11.0 Å². The Hall–Kier alpha value is -0.840. The van der Waals surface area contributed by atoms with Crippen molar-refractivity contribution in [3.05, 3.63) is 38.9 Å². The molecular weight excluding hydrogens is 265 g/mol. The Morgan fingerprint density at radius 1 is 1.19 bits per heavy atom. The standard InChI is InChI=1S/C10H9Cl2N3S/c11-8-2-1-7(16-8)3-4-14-10-9(12)13-5-6-15-10/h1-2,5-6H,3-4H2,(H,14,15). The maximum absolute atomic E-state index is 5.86. The van der Waals surface area contributed by atoms with Gasteiger partial charge in [-0.1, -0.05) is 23.2 Å². The Morgan fingerprint density at radius 2 is 2.00 bits per heavy atom. The van der Waals surface area contributed by atoms with E-state index < -0.39 is 0 Å². The number of anilines is 1. The summed E-state index contributed by atoms with van der Waals surface area (Å²) in [4.78, 5) is 9.25. The van der Waals surface area contributed by atoms with Gasteiger partial charge in [-0.3, -0.25) is 0 Å². The number of hydrogen-bond acceptors (Lipinski definition) is 4. The van der Waals surface area contributed by atoms with Crippen molar-refractivity contribution in [3.8, 4) is 0 Å². The molecule has 6 heteroatoms. The summed E-state index contributed by atoms with van der Waals surface area (Å²) in [7, 11) is 0. The summed E-state index contributed by atoms with van der Waals surface area (Å²) in [6, 6.07) is 3.92. The number of rotatable bonds is 4. The van der Waals surface area contributed by atoms with Gasteiger partial charge in [0.05, 0.1) is 4.34 Å². The molecule has 0 radical (unpaired) electrons. The third-order valence-electron chi connectivity index (χ3n) is 1.95. The molecule has 0 fully saturated rings. The largest absolute Gasteiger partial charge is 0.367 e. The average Bonchev–Trinajstić information content (AvgIpc) is 2.67. The third kappa shape index (κ3) is 3.07. The molecular formula is C10H9Cl2N3S. The van der Waals surface area contributed by atoms with Gasteiger partial charge in [-0.05, 0) is 18.6 Å². The van der Waals surface area contributed by atoms with Crippen molar-refractivity contribution < 1.29 is 0 Å². The Labute approximate surface area is 107 Å². The molecule has 0 unspecified atom stereocenters. The monoisotopic (exact) mass is 273 g/mol. The van der Waals surface area contributed by atoms with Crippen LogP contribution < -0.4 is 5.32 Å². The van der Waals surface area contributed by atoms with Gasteiger partial charge < -0.3 is 5.32 Å². The van der Waals surface area contributed by atoms with Crippen LogP contribution in [-0.4, -0.2) is 16.5 Å². The van der Waals surface area contributed by atoms with Crippen LogP contribution >= 0.6 is 34.5 Å². The highest BCUT2D eigenvalue weighted by Crippen LogP contribution is 2.22. The first kappa shape index (κ1) is 11.6. The van der Waals surface area contributed by atoms with Gasteiger partial charge in [0.1, 0.15) is 0 Å². The molecule has 1 N–H and O–H groups in total. The summed E-state index contributed by atoms with van der Waals surface area (Å²) in [5.41, 5.74) is 0. The first-order chi connectivity index (χ1) is 7.75. The molecule has 0 aliphatic rings. The highest BCUT2D eigenvalue weighted by atomic mass is 35.5. The van der Waals surface area contributed by atoms with Crippen LogP contribution in [0.4, 0.5) is 5.82 Å². The van der Waals surface area contributed by atoms with Gasteiger partial charge in [-0.15, -0.1) is 11.3 Å². The van der Waals surface area contributed by atoms with Gasteiger partial charge in [0.15, 0.2) is 11.0 Å². The molecule has 0 spiro atoms.